The summed E-state index contributed by atoms with van der Waals surface area (Å²) in [5, 5.41) is 12.6. The van der Waals surface area contributed by atoms with Crippen molar-refractivity contribution in [3.8, 4) is 11.5 Å². The maximum absolute atomic E-state index is 13.6. The van der Waals surface area contributed by atoms with Crippen LogP contribution in [0.5, 0.6) is 11.5 Å². The zero-order valence-electron chi connectivity index (χ0n) is 12.1. The normalized spacial score (nSPS) is 10.6. The monoisotopic (exact) mass is 289 g/mol. The number of nitrogens with one attached hydrogen (secondary N) is 1. The van der Waals surface area contributed by atoms with Crippen LogP contribution in [0.4, 0.5) is 4.39 Å². The fraction of sp³-hybridized carbons (Fsp3) is 0.294. The minimum Gasteiger partial charge on any atom is -0.508 e. The molecule has 0 unspecified atom stereocenters. The van der Waals surface area contributed by atoms with Crippen molar-refractivity contribution in [2.75, 3.05) is 6.54 Å². The molecule has 0 amide bonds. The Balaban J connectivity index is 1.99. The van der Waals surface area contributed by atoms with E-state index in [0.717, 1.165) is 24.1 Å². The average Bonchev–Trinajstić information content (AvgIpc) is 2.45. The van der Waals surface area contributed by atoms with E-state index in [4.69, 9.17) is 4.74 Å². The van der Waals surface area contributed by atoms with Gasteiger partial charge in [0.05, 0.1) is 0 Å². The van der Waals surface area contributed by atoms with Crippen LogP contribution in [-0.4, -0.2) is 11.7 Å². The predicted molar refractivity (Wildman–Crippen MR) is 80.8 cm³/mol. The molecule has 2 aromatic carbocycles. The first kappa shape index (κ1) is 15.3. The Morgan fingerprint density at radius 2 is 2.00 bits per heavy atom. The highest BCUT2D eigenvalue weighted by molar-refractivity contribution is 5.31. The zero-order chi connectivity index (χ0) is 15.1. The highest BCUT2D eigenvalue weighted by atomic mass is 19.1. The van der Waals surface area contributed by atoms with Gasteiger partial charge in [0.1, 0.15) is 23.9 Å². The highest BCUT2D eigenvalue weighted by Gasteiger charge is 2.03. The van der Waals surface area contributed by atoms with E-state index in [1.165, 1.54) is 12.1 Å². The van der Waals surface area contributed by atoms with E-state index < -0.39 is 0 Å². The second kappa shape index (κ2) is 7.64. The summed E-state index contributed by atoms with van der Waals surface area (Å²) in [6.07, 6.45) is 1.04. The Morgan fingerprint density at radius 3 is 2.76 bits per heavy atom. The lowest BCUT2D eigenvalue weighted by Gasteiger charge is -2.10. The number of phenols is 1. The highest BCUT2D eigenvalue weighted by Crippen LogP contribution is 2.19. The van der Waals surface area contributed by atoms with Crippen molar-refractivity contribution in [2.24, 2.45) is 0 Å². The summed E-state index contributed by atoms with van der Waals surface area (Å²) in [7, 11) is 0. The molecule has 112 valence electrons. The number of aromatic hydroxyl groups is 1. The van der Waals surface area contributed by atoms with Crippen molar-refractivity contribution in [3.63, 3.8) is 0 Å². The number of benzene rings is 2. The molecule has 0 spiro atoms. The number of ether oxygens (including phenoxy) is 1. The standard InChI is InChI=1S/C17H20FNO2/c1-2-6-19-11-14-7-15(18)10-17(9-14)21-12-13-4-3-5-16(20)8-13/h3-5,7-10,19-20H,2,6,11-12H2,1H3. The van der Waals surface area contributed by atoms with Crippen LogP contribution in [0, 0.1) is 5.82 Å². The van der Waals surface area contributed by atoms with Crippen LogP contribution in [0.15, 0.2) is 42.5 Å². The third kappa shape index (κ3) is 5.08. The fourth-order valence-corrected chi connectivity index (χ4v) is 2.03. The van der Waals surface area contributed by atoms with E-state index in [9.17, 15) is 9.50 Å². The lowest BCUT2D eigenvalue weighted by atomic mass is 10.2. The van der Waals surface area contributed by atoms with Crippen LogP contribution >= 0.6 is 0 Å². The molecule has 0 saturated heterocycles. The van der Waals surface area contributed by atoms with Gasteiger partial charge in [0.2, 0.25) is 0 Å². The number of halogens is 1. The first-order chi connectivity index (χ1) is 10.2. The molecule has 0 aliphatic heterocycles. The van der Waals surface area contributed by atoms with E-state index in [1.54, 1.807) is 18.2 Å². The molecular weight excluding hydrogens is 269 g/mol. The maximum Gasteiger partial charge on any atom is 0.127 e. The summed E-state index contributed by atoms with van der Waals surface area (Å²) in [5.74, 6) is 0.378. The summed E-state index contributed by atoms with van der Waals surface area (Å²) in [6, 6.07) is 11.5. The van der Waals surface area contributed by atoms with Gasteiger partial charge in [-0.15, -0.1) is 0 Å². The molecule has 0 bridgehead atoms. The van der Waals surface area contributed by atoms with Crippen molar-refractivity contribution in [3.05, 3.63) is 59.4 Å². The lowest BCUT2D eigenvalue weighted by Crippen LogP contribution is -2.14. The number of hydrogen-bond donors (Lipinski definition) is 2. The topological polar surface area (TPSA) is 41.5 Å². The van der Waals surface area contributed by atoms with Crippen LogP contribution in [-0.2, 0) is 13.2 Å². The lowest BCUT2D eigenvalue weighted by molar-refractivity contribution is 0.303. The molecule has 2 aromatic rings. The van der Waals surface area contributed by atoms with Crippen LogP contribution in [0.25, 0.3) is 0 Å². The SMILES string of the molecule is CCCNCc1cc(F)cc(OCc2cccc(O)c2)c1. The van der Waals surface area contributed by atoms with Crippen LogP contribution < -0.4 is 10.1 Å². The van der Waals surface area contributed by atoms with Gasteiger partial charge in [0.15, 0.2) is 0 Å². The Kier molecular flexibility index (Phi) is 5.58. The van der Waals surface area contributed by atoms with Crippen molar-refractivity contribution < 1.29 is 14.2 Å². The van der Waals surface area contributed by atoms with Gasteiger partial charge in [0, 0.05) is 12.6 Å². The molecule has 0 aromatic heterocycles. The summed E-state index contributed by atoms with van der Waals surface area (Å²) >= 11 is 0. The predicted octanol–water partition coefficient (Wildman–Crippen LogP) is 3.61. The molecule has 2 N–H and O–H groups in total. The van der Waals surface area contributed by atoms with Gasteiger partial charge in [-0.05, 0) is 48.4 Å². The van der Waals surface area contributed by atoms with E-state index in [-0.39, 0.29) is 11.6 Å². The molecule has 21 heavy (non-hydrogen) atoms. The molecule has 0 atom stereocenters. The number of rotatable bonds is 7. The van der Waals surface area contributed by atoms with Gasteiger partial charge >= 0.3 is 0 Å². The Hall–Kier alpha value is -2.07. The molecule has 2 rings (SSSR count). The third-order valence-electron chi connectivity index (χ3n) is 3.00. The van der Waals surface area contributed by atoms with E-state index >= 15 is 0 Å². The first-order valence-corrected chi connectivity index (χ1v) is 7.08. The Bertz CT molecular complexity index is 587. The van der Waals surface area contributed by atoms with Crippen molar-refractivity contribution in [1.82, 2.24) is 5.32 Å². The Labute approximate surface area is 124 Å². The summed E-state index contributed by atoms with van der Waals surface area (Å²) in [6.45, 7) is 3.89. The van der Waals surface area contributed by atoms with Gasteiger partial charge in [-0.25, -0.2) is 4.39 Å². The van der Waals surface area contributed by atoms with Gasteiger partial charge in [-0.1, -0.05) is 19.1 Å². The third-order valence-corrected chi connectivity index (χ3v) is 3.00. The Morgan fingerprint density at radius 1 is 1.14 bits per heavy atom. The molecule has 0 aliphatic rings. The fourth-order valence-electron chi connectivity index (χ4n) is 2.03. The first-order valence-electron chi connectivity index (χ1n) is 7.08. The average molecular weight is 289 g/mol. The van der Waals surface area contributed by atoms with Crippen LogP contribution in [0.2, 0.25) is 0 Å². The second-order valence-electron chi connectivity index (χ2n) is 4.93. The van der Waals surface area contributed by atoms with Crippen LogP contribution in [0.1, 0.15) is 24.5 Å². The number of hydrogen-bond acceptors (Lipinski definition) is 3. The smallest absolute Gasteiger partial charge is 0.127 e. The van der Waals surface area contributed by atoms with Crippen molar-refractivity contribution in [1.29, 1.82) is 0 Å². The van der Waals surface area contributed by atoms with E-state index in [1.807, 2.05) is 12.1 Å². The number of phenolic OH excluding ortho intramolecular Hbond substituents is 1. The molecule has 0 aliphatic carbocycles. The second-order valence-corrected chi connectivity index (χ2v) is 4.93. The maximum atomic E-state index is 13.6. The van der Waals surface area contributed by atoms with Gasteiger partial charge in [-0.3, -0.25) is 0 Å². The zero-order valence-corrected chi connectivity index (χ0v) is 12.1. The van der Waals surface area contributed by atoms with E-state index in [2.05, 4.69) is 12.2 Å². The largest absolute Gasteiger partial charge is 0.508 e. The van der Waals surface area contributed by atoms with Gasteiger partial charge < -0.3 is 15.2 Å². The van der Waals surface area contributed by atoms with Gasteiger partial charge in [0.25, 0.3) is 0 Å². The molecule has 0 saturated carbocycles. The molecule has 3 nitrogen and oxygen atoms in total. The molecule has 0 heterocycles. The minimum atomic E-state index is -0.309. The summed E-state index contributed by atoms with van der Waals surface area (Å²) in [5.41, 5.74) is 1.69. The molecule has 0 fully saturated rings. The summed E-state index contributed by atoms with van der Waals surface area (Å²) in [4.78, 5) is 0. The molecule has 0 radical (unpaired) electrons. The summed E-state index contributed by atoms with van der Waals surface area (Å²) < 4.78 is 19.2. The quantitative estimate of drug-likeness (QED) is 0.765. The minimum absolute atomic E-state index is 0.194. The molecular formula is C17H20FNO2. The molecule has 4 heteroatoms. The van der Waals surface area contributed by atoms with Crippen molar-refractivity contribution >= 4 is 0 Å². The van der Waals surface area contributed by atoms with Crippen molar-refractivity contribution in [2.45, 2.75) is 26.5 Å². The van der Waals surface area contributed by atoms with Gasteiger partial charge in [-0.2, -0.15) is 0 Å². The van der Waals surface area contributed by atoms with E-state index in [0.29, 0.717) is 18.9 Å². The van der Waals surface area contributed by atoms with Crippen LogP contribution in [0.3, 0.4) is 0 Å².